The van der Waals surface area contributed by atoms with E-state index >= 15 is 0 Å². The van der Waals surface area contributed by atoms with E-state index in [2.05, 4.69) is 0 Å². The summed E-state index contributed by atoms with van der Waals surface area (Å²) in [6.45, 7) is 2.60. The van der Waals surface area contributed by atoms with Crippen LogP contribution in [-0.4, -0.2) is 60.5 Å². The van der Waals surface area contributed by atoms with Crippen molar-refractivity contribution in [2.45, 2.75) is 12.6 Å². The molecule has 1 aliphatic heterocycles. The summed E-state index contributed by atoms with van der Waals surface area (Å²) in [7, 11) is 0. The average Bonchev–Trinajstić information content (AvgIpc) is 2.16. The molecule has 1 amide bonds. The number of piperazine rings is 1. The molecule has 0 aromatic rings. The summed E-state index contributed by atoms with van der Waals surface area (Å²) in [5.41, 5.74) is 0. The van der Waals surface area contributed by atoms with Crippen molar-refractivity contribution in [3.63, 3.8) is 0 Å². The Balaban J connectivity index is 2.33. The minimum Gasteiger partial charge on any atom is -0.340 e. The van der Waals surface area contributed by atoms with Crippen molar-refractivity contribution in [1.29, 1.82) is 0 Å². The van der Waals surface area contributed by atoms with Crippen molar-refractivity contribution >= 4 is 17.5 Å². The van der Waals surface area contributed by atoms with Crippen LogP contribution in [0.3, 0.4) is 0 Å². The Labute approximate surface area is 97.1 Å². The Bertz CT molecular complexity index is 239. The maximum absolute atomic E-state index is 12.0. The molecule has 3 nitrogen and oxygen atoms in total. The number of hydrogen-bond acceptors (Lipinski definition) is 2. The van der Waals surface area contributed by atoms with Crippen molar-refractivity contribution in [2.24, 2.45) is 0 Å². The molecular weight excluding hydrogens is 245 g/mol. The first-order valence-corrected chi connectivity index (χ1v) is 5.58. The van der Waals surface area contributed by atoms with Gasteiger partial charge in [0.1, 0.15) is 6.42 Å². The van der Waals surface area contributed by atoms with E-state index in [0.717, 1.165) is 0 Å². The predicted octanol–water partition coefficient (Wildman–Crippen LogP) is 1.32. The molecule has 0 aliphatic carbocycles. The van der Waals surface area contributed by atoms with Gasteiger partial charge in [-0.2, -0.15) is 13.2 Å². The van der Waals surface area contributed by atoms with E-state index in [-0.39, 0.29) is 0 Å². The molecule has 0 spiro atoms. The topological polar surface area (TPSA) is 23.6 Å². The monoisotopic (exact) mass is 258 g/mol. The smallest absolute Gasteiger partial charge is 0.340 e. The maximum Gasteiger partial charge on any atom is 0.397 e. The number of hydrogen-bond donors (Lipinski definition) is 0. The van der Waals surface area contributed by atoms with Crippen LogP contribution in [0.1, 0.15) is 6.42 Å². The van der Waals surface area contributed by atoms with Gasteiger partial charge in [-0.15, -0.1) is 11.6 Å². The Morgan fingerprint density at radius 2 is 1.75 bits per heavy atom. The summed E-state index contributed by atoms with van der Waals surface area (Å²) in [5, 5.41) is 0. The molecule has 0 unspecified atom stereocenters. The number of carbonyl (C=O) groups is 1. The largest absolute Gasteiger partial charge is 0.397 e. The van der Waals surface area contributed by atoms with Crippen LogP contribution in [0.5, 0.6) is 0 Å². The van der Waals surface area contributed by atoms with E-state index < -0.39 is 18.5 Å². The second-order valence-electron chi connectivity index (χ2n) is 3.70. The molecule has 94 valence electrons. The van der Waals surface area contributed by atoms with Crippen LogP contribution in [0.2, 0.25) is 0 Å². The number of halogens is 4. The number of carbonyl (C=O) groups excluding carboxylic acids is 1. The minimum atomic E-state index is -4.41. The first-order chi connectivity index (χ1) is 7.42. The third-order valence-corrected chi connectivity index (χ3v) is 2.65. The highest BCUT2D eigenvalue weighted by Gasteiger charge is 2.34. The van der Waals surface area contributed by atoms with E-state index in [1.54, 1.807) is 0 Å². The molecule has 0 saturated carbocycles. The fourth-order valence-electron chi connectivity index (χ4n) is 1.62. The SMILES string of the molecule is O=C(CC(F)(F)F)N1CCN(CCCl)CC1. The van der Waals surface area contributed by atoms with Gasteiger partial charge in [-0.1, -0.05) is 0 Å². The highest BCUT2D eigenvalue weighted by Crippen LogP contribution is 2.21. The van der Waals surface area contributed by atoms with Crippen molar-refractivity contribution in [2.75, 3.05) is 38.6 Å². The first kappa shape index (κ1) is 13.6. The zero-order chi connectivity index (χ0) is 12.2. The number of amides is 1. The molecular formula is C9H14ClF3N2O. The lowest BCUT2D eigenvalue weighted by atomic mass is 10.2. The molecule has 0 aromatic heterocycles. The Morgan fingerprint density at radius 1 is 1.19 bits per heavy atom. The van der Waals surface area contributed by atoms with E-state index in [9.17, 15) is 18.0 Å². The second-order valence-corrected chi connectivity index (χ2v) is 4.08. The molecule has 1 saturated heterocycles. The van der Waals surface area contributed by atoms with Gasteiger partial charge in [-0.3, -0.25) is 9.69 Å². The fourth-order valence-corrected chi connectivity index (χ4v) is 1.86. The molecule has 1 fully saturated rings. The molecule has 1 aliphatic rings. The standard InChI is InChI=1S/C9H14ClF3N2O/c10-1-2-14-3-5-15(6-4-14)8(16)7-9(11,12)13/h1-7H2. The van der Waals surface area contributed by atoms with Crippen LogP contribution in [0.4, 0.5) is 13.2 Å². The quantitative estimate of drug-likeness (QED) is 0.713. The molecule has 0 bridgehead atoms. The van der Waals surface area contributed by atoms with Gasteiger partial charge in [0.25, 0.3) is 0 Å². The van der Waals surface area contributed by atoms with E-state index in [4.69, 9.17) is 11.6 Å². The fraction of sp³-hybridized carbons (Fsp3) is 0.889. The molecule has 0 N–H and O–H groups in total. The highest BCUT2D eigenvalue weighted by molar-refractivity contribution is 6.18. The Morgan fingerprint density at radius 3 is 2.19 bits per heavy atom. The molecule has 0 radical (unpaired) electrons. The van der Waals surface area contributed by atoms with Crippen molar-refractivity contribution < 1.29 is 18.0 Å². The lowest BCUT2D eigenvalue weighted by Gasteiger charge is -2.34. The first-order valence-electron chi connectivity index (χ1n) is 5.05. The molecule has 1 heterocycles. The van der Waals surface area contributed by atoms with Gasteiger partial charge in [-0.05, 0) is 0 Å². The van der Waals surface area contributed by atoms with Gasteiger partial charge >= 0.3 is 6.18 Å². The zero-order valence-corrected chi connectivity index (χ0v) is 9.52. The molecule has 7 heteroatoms. The Hall–Kier alpha value is -0.490. The molecule has 0 aromatic carbocycles. The van der Waals surface area contributed by atoms with Crippen LogP contribution < -0.4 is 0 Å². The van der Waals surface area contributed by atoms with Crippen molar-refractivity contribution in [3.05, 3.63) is 0 Å². The van der Waals surface area contributed by atoms with Crippen molar-refractivity contribution in [3.8, 4) is 0 Å². The van der Waals surface area contributed by atoms with Gasteiger partial charge in [0.15, 0.2) is 0 Å². The summed E-state index contributed by atoms with van der Waals surface area (Å²) in [6.07, 6.45) is -5.77. The third kappa shape index (κ3) is 4.57. The maximum atomic E-state index is 12.0. The number of nitrogens with zero attached hydrogens (tertiary/aromatic N) is 2. The van der Waals surface area contributed by atoms with Crippen LogP contribution in [0.15, 0.2) is 0 Å². The van der Waals surface area contributed by atoms with E-state index in [1.807, 2.05) is 4.90 Å². The normalized spacial score (nSPS) is 18.9. The van der Waals surface area contributed by atoms with Crippen molar-refractivity contribution in [1.82, 2.24) is 9.80 Å². The number of alkyl halides is 4. The van der Waals surface area contributed by atoms with Gasteiger partial charge in [0, 0.05) is 38.6 Å². The second kappa shape index (κ2) is 5.72. The summed E-state index contributed by atoms with van der Waals surface area (Å²) < 4.78 is 35.9. The summed E-state index contributed by atoms with van der Waals surface area (Å²) >= 11 is 5.55. The number of rotatable bonds is 3. The van der Waals surface area contributed by atoms with Gasteiger partial charge in [0.05, 0.1) is 0 Å². The van der Waals surface area contributed by atoms with Crippen LogP contribution >= 0.6 is 11.6 Å². The predicted molar refractivity (Wildman–Crippen MR) is 54.4 cm³/mol. The summed E-state index contributed by atoms with van der Waals surface area (Å²) in [5.74, 6) is -0.339. The zero-order valence-electron chi connectivity index (χ0n) is 8.76. The van der Waals surface area contributed by atoms with Gasteiger partial charge in [-0.25, -0.2) is 0 Å². The lowest BCUT2D eigenvalue weighted by Crippen LogP contribution is -2.49. The van der Waals surface area contributed by atoms with Gasteiger partial charge in [0.2, 0.25) is 5.91 Å². The Kier molecular flexibility index (Phi) is 4.86. The molecule has 0 atom stereocenters. The third-order valence-electron chi connectivity index (χ3n) is 2.48. The van der Waals surface area contributed by atoms with Gasteiger partial charge < -0.3 is 4.90 Å². The molecule has 1 rings (SSSR count). The minimum absolute atomic E-state index is 0.353. The van der Waals surface area contributed by atoms with E-state index in [1.165, 1.54) is 4.90 Å². The van der Waals surface area contributed by atoms with Crippen LogP contribution in [-0.2, 0) is 4.79 Å². The highest BCUT2D eigenvalue weighted by atomic mass is 35.5. The van der Waals surface area contributed by atoms with Crippen LogP contribution in [0.25, 0.3) is 0 Å². The average molecular weight is 259 g/mol. The summed E-state index contributed by atoms with van der Waals surface area (Å²) in [6, 6.07) is 0. The molecule has 16 heavy (non-hydrogen) atoms. The lowest BCUT2D eigenvalue weighted by molar-refractivity contribution is -0.162. The van der Waals surface area contributed by atoms with Crippen LogP contribution in [0, 0.1) is 0 Å². The summed E-state index contributed by atoms with van der Waals surface area (Å²) in [4.78, 5) is 14.5. The van der Waals surface area contributed by atoms with E-state index in [0.29, 0.717) is 38.6 Å².